The van der Waals surface area contributed by atoms with E-state index in [2.05, 4.69) is 4.74 Å². The van der Waals surface area contributed by atoms with Crippen LogP contribution in [0.1, 0.15) is 19.8 Å². The van der Waals surface area contributed by atoms with Gasteiger partial charge in [-0.2, -0.15) is 0 Å². The van der Waals surface area contributed by atoms with Crippen molar-refractivity contribution in [2.45, 2.75) is 31.4 Å². The van der Waals surface area contributed by atoms with Crippen LogP contribution in [0.25, 0.3) is 0 Å². The highest BCUT2D eigenvalue weighted by Gasteiger charge is 2.41. The molecule has 2 unspecified atom stereocenters. The van der Waals surface area contributed by atoms with Crippen LogP contribution in [0, 0.1) is 0 Å². The lowest BCUT2D eigenvalue weighted by molar-refractivity contribution is -0.151. The number of hydrogen-bond acceptors (Lipinski definition) is 4. The summed E-state index contributed by atoms with van der Waals surface area (Å²) in [5.74, 6) is -0.408. The van der Waals surface area contributed by atoms with Gasteiger partial charge in [-0.3, -0.25) is 0 Å². The van der Waals surface area contributed by atoms with E-state index < -0.39 is 11.5 Å². The van der Waals surface area contributed by atoms with Crippen LogP contribution in [0.2, 0.25) is 0 Å². The maximum Gasteiger partial charge on any atom is 0.328 e. The molecule has 70 valence electrons. The fourth-order valence-electron chi connectivity index (χ4n) is 1.40. The van der Waals surface area contributed by atoms with E-state index in [0.717, 1.165) is 12.8 Å². The average molecular weight is 173 g/mol. The number of nitrogens with two attached hydrogens (primary N) is 1. The molecule has 0 saturated carbocycles. The third kappa shape index (κ3) is 1.59. The standard InChI is InChI=1S/C8H15NO3/c1-8(9,7(10)11-2)6-4-3-5-12-6/h6H,3-5,9H2,1-2H3. The Bertz CT molecular complexity index is 173. The van der Waals surface area contributed by atoms with Gasteiger partial charge >= 0.3 is 5.97 Å². The third-order valence-corrected chi connectivity index (χ3v) is 2.22. The van der Waals surface area contributed by atoms with Crippen LogP contribution >= 0.6 is 0 Å². The van der Waals surface area contributed by atoms with Gasteiger partial charge in [0.2, 0.25) is 0 Å². The zero-order valence-corrected chi connectivity index (χ0v) is 7.50. The smallest absolute Gasteiger partial charge is 0.328 e. The fraction of sp³-hybridized carbons (Fsp3) is 0.875. The topological polar surface area (TPSA) is 61.5 Å². The molecule has 1 saturated heterocycles. The summed E-state index contributed by atoms with van der Waals surface area (Å²) in [4.78, 5) is 11.2. The molecule has 0 aromatic rings. The van der Waals surface area contributed by atoms with Gasteiger partial charge in [-0.25, -0.2) is 4.79 Å². The molecule has 4 heteroatoms. The van der Waals surface area contributed by atoms with E-state index in [1.807, 2.05) is 0 Å². The predicted molar refractivity (Wildman–Crippen MR) is 43.6 cm³/mol. The lowest BCUT2D eigenvalue weighted by Gasteiger charge is -2.27. The molecule has 0 bridgehead atoms. The van der Waals surface area contributed by atoms with Crippen LogP contribution in [0.3, 0.4) is 0 Å². The molecule has 1 aliphatic heterocycles. The number of carbonyl (C=O) groups excluding carboxylic acids is 1. The average Bonchev–Trinajstić information content (AvgIpc) is 2.55. The lowest BCUT2D eigenvalue weighted by Crippen LogP contribution is -2.55. The van der Waals surface area contributed by atoms with E-state index in [1.54, 1.807) is 6.92 Å². The van der Waals surface area contributed by atoms with E-state index >= 15 is 0 Å². The van der Waals surface area contributed by atoms with Crippen molar-refractivity contribution in [1.82, 2.24) is 0 Å². The molecular weight excluding hydrogens is 158 g/mol. The van der Waals surface area contributed by atoms with Crippen molar-refractivity contribution in [2.75, 3.05) is 13.7 Å². The second-order valence-corrected chi connectivity index (χ2v) is 3.28. The van der Waals surface area contributed by atoms with Crippen molar-refractivity contribution in [3.63, 3.8) is 0 Å². The second-order valence-electron chi connectivity index (χ2n) is 3.28. The molecule has 1 rings (SSSR count). The minimum Gasteiger partial charge on any atom is -0.468 e. The van der Waals surface area contributed by atoms with Gasteiger partial charge in [0.15, 0.2) is 0 Å². The Labute approximate surface area is 72.0 Å². The van der Waals surface area contributed by atoms with Gasteiger partial charge in [-0.1, -0.05) is 0 Å². The van der Waals surface area contributed by atoms with Gasteiger partial charge in [0, 0.05) is 6.61 Å². The van der Waals surface area contributed by atoms with E-state index in [0.29, 0.717) is 6.61 Å². The Balaban J connectivity index is 2.62. The summed E-state index contributed by atoms with van der Waals surface area (Å²) in [6.45, 7) is 2.34. The zero-order chi connectivity index (χ0) is 9.19. The molecule has 0 aromatic carbocycles. The number of esters is 1. The summed E-state index contributed by atoms with van der Waals surface area (Å²) in [6, 6.07) is 0. The van der Waals surface area contributed by atoms with E-state index in [4.69, 9.17) is 10.5 Å². The number of methoxy groups -OCH3 is 1. The fourth-order valence-corrected chi connectivity index (χ4v) is 1.40. The summed E-state index contributed by atoms with van der Waals surface area (Å²) in [5, 5.41) is 0. The summed E-state index contributed by atoms with van der Waals surface area (Å²) >= 11 is 0. The number of carbonyl (C=O) groups is 1. The highest BCUT2D eigenvalue weighted by atomic mass is 16.5. The van der Waals surface area contributed by atoms with E-state index in [9.17, 15) is 4.79 Å². The molecule has 0 aromatic heterocycles. The van der Waals surface area contributed by atoms with Crippen LogP contribution in [0.4, 0.5) is 0 Å². The van der Waals surface area contributed by atoms with Crippen molar-refractivity contribution in [3.05, 3.63) is 0 Å². The Morgan fingerprint density at radius 1 is 1.75 bits per heavy atom. The molecular formula is C8H15NO3. The summed E-state index contributed by atoms with van der Waals surface area (Å²) in [6.07, 6.45) is 1.61. The van der Waals surface area contributed by atoms with Crippen molar-refractivity contribution < 1.29 is 14.3 Å². The SMILES string of the molecule is COC(=O)C(C)(N)C1CCCO1. The van der Waals surface area contributed by atoms with Gasteiger partial charge in [0.1, 0.15) is 5.54 Å². The highest BCUT2D eigenvalue weighted by Crippen LogP contribution is 2.22. The Hall–Kier alpha value is -0.610. The first kappa shape index (κ1) is 9.48. The van der Waals surface area contributed by atoms with E-state index in [-0.39, 0.29) is 6.10 Å². The van der Waals surface area contributed by atoms with Gasteiger partial charge in [-0.15, -0.1) is 0 Å². The maximum absolute atomic E-state index is 11.2. The van der Waals surface area contributed by atoms with Crippen LogP contribution in [0.5, 0.6) is 0 Å². The third-order valence-electron chi connectivity index (χ3n) is 2.22. The van der Waals surface area contributed by atoms with Crippen molar-refractivity contribution in [3.8, 4) is 0 Å². The minimum absolute atomic E-state index is 0.190. The molecule has 1 fully saturated rings. The molecule has 0 radical (unpaired) electrons. The molecule has 0 amide bonds. The molecule has 1 aliphatic rings. The van der Waals surface area contributed by atoms with Gasteiger partial charge in [0.25, 0.3) is 0 Å². The van der Waals surface area contributed by atoms with E-state index in [1.165, 1.54) is 7.11 Å². The summed E-state index contributed by atoms with van der Waals surface area (Å²) in [7, 11) is 1.34. The van der Waals surface area contributed by atoms with Gasteiger partial charge in [-0.05, 0) is 19.8 Å². The zero-order valence-electron chi connectivity index (χ0n) is 7.50. The molecule has 1 heterocycles. The Kier molecular flexibility index (Phi) is 2.69. The quantitative estimate of drug-likeness (QED) is 0.600. The molecule has 0 aliphatic carbocycles. The van der Waals surface area contributed by atoms with Crippen molar-refractivity contribution in [2.24, 2.45) is 5.73 Å². The van der Waals surface area contributed by atoms with Gasteiger partial charge in [0.05, 0.1) is 13.2 Å². The Morgan fingerprint density at radius 2 is 2.42 bits per heavy atom. The molecule has 12 heavy (non-hydrogen) atoms. The Morgan fingerprint density at radius 3 is 2.83 bits per heavy atom. The van der Waals surface area contributed by atoms with Crippen LogP contribution < -0.4 is 5.73 Å². The monoisotopic (exact) mass is 173 g/mol. The number of ether oxygens (including phenoxy) is 2. The summed E-state index contributed by atoms with van der Waals surface area (Å²) in [5.41, 5.74) is 4.78. The normalized spacial score (nSPS) is 28.1. The van der Waals surface area contributed by atoms with Crippen LogP contribution in [0.15, 0.2) is 0 Å². The molecule has 2 atom stereocenters. The van der Waals surface area contributed by atoms with Gasteiger partial charge < -0.3 is 15.2 Å². The van der Waals surface area contributed by atoms with Crippen molar-refractivity contribution in [1.29, 1.82) is 0 Å². The lowest BCUT2D eigenvalue weighted by atomic mass is 9.94. The minimum atomic E-state index is -0.995. The number of hydrogen-bond donors (Lipinski definition) is 1. The predicted octanol–water partition coefficient (Wildman–Crippen LogP) is 0.0558. The second kappa shape index (κ2) is 3.41. The summed E-state index contributed by atoms with van der Waals surface area (Å²) < 4.78 is 9.90. The molecule has 4 nitrogen and oxygen atoms in total. The maximum atomic E-state index is 11.2. The van der Waals surface area contributed by atoms with Crippen LogP contribution in [-0.4, -0.2) is 31.3 Å². The highest BCUT2D eigenvalue weighted by molar-refractivity contribution is 5.80. The van der Waals surface area contributed by atoms with Crippen molar-refractivity contribution >= 4 is 5.97 Å². The largest absolute Gasteiger partial charge is 0.468 e. The molecule has 2 N–H and O–H groups in total. The van der Waals surface area contributed by atoms with Crippen LogP contribution in [-0.2, 0) is 14.3 Å². The first-order valence-corrected chi connectivity index (χ1v) is 4.08. The first-order valence-electron chi connectivity index (χ1n) is 4.08. The molecule has 0 spiro atoms. The number of rotatable bonds is 2. The first-order chi connectivity index (χ1) is 5.59.